The number of halogens is 2. The Labute approximate surface area is 53.9 Å². The Bertz CT molecular complexity index is 174. The van der Waals surface area contributed by atoms with Crippen molar-refractivity contribution in [2.24, 2.45) is 0 Å². The fourth-order valence-corrected chi connectivity index (χ4v) is 0.541. The second-order valence-electron chi connectivity index (χ2n) is 1.11. The van der Waals surface area contributed by atoms with Crippen molar-refractivity contribution in [1.82, 2.24) is 10.2 Å². The predicted octanol–water partition coefficient (Wildman–Crippen LogP) is 1.18. The summed E-state index contributed by atoms with van der Waals surface area (Å²) in [6.45, 7) is 0. The summed E-state index contributed by atoms with van der Waals surface area (Å²) in [6, 6.07) is 2.25. The first kappa shape index (κ1) is 5.62. The molecule has 0 spiro atoms. The number of hydrogen-bond acceptors (Lipinski definition) is 2. The lowest BCUT2D eigenvalue weighted by molar-refractivity contribution is 0.559. The van der Waals surface area contributed by atoms with Gasteiger partial charge in [0.25, 0.3) is 0 Å². The molecule has 8 heavy (non-hydrogen) atoms. The highest BCUT2D eigenvalue weighted by atomic mass is 79.9. The average molecular weight is 176 g/mol. The van der Waals surface area contributed by atoms with Crippen molar-refractivity contribution in [3.63, 3.8) is 0 Å². The third kappa shape index (κ3) is 1.23. The minimum atomic E-state index is -0.695. The second-order valence-corrected chi connectivity index (χ2v) is 1.96. The van der Waals surface area contributed by atoms with E-state index in [0.29, 0.717) is 4.47 Å². The maximum Gasteiger partial charge on any atom is 0.242 e. The lowest BCUT2D eigenvalue weighted by Gasteiger charge is -1.82. The van der Waals surface area contributed by atoms with Gasteiger partial charge < -0.3 is 0 Å². The van der Waals surface area contributed by atoms with Crippen molar-refractivity contribution in [2.45, 2.75) is 0 Å². The van der Waals surface area contributed by atoms with E-state index in [1.165, 1.54) is 6.20 Å². The van der Waals surface area contributed by atoms with Crippen molar-refractivity contribution in [1.29, 1.82) is 0 Å². The molecular formula is C4HBrFN2. The quantitative estimate of drug-likeness (QED) is 0.592. The molecule has 0 aliphatic heterocycles. The van der Waals surface area contributed by atoms with Gasteiger partial charge in [0.2, 0.25) is 5.95 Å². The van der Waals surface area contributed by atoms with Gasteiger partial charge in [0.05, 0.1) is 16.7 Å². The summed E-state index contributed by atoms with van der Waals surface area (Å²) in [6.07, 6.45) is 1.36. The van der Waals surface area contributed by atoms with E-state index in [1.54, 1.807) is 0 Å². The summed E-state index contributed by atoms with van der Waals surface area (Å²) in [5.41, 5.74) is 0. The Morgan fingerprint density at radius 1 is 1.75 bits per heavy atom. The molecule has 0 amide bonds. The lowest BCUT2D eigenvalue weighted by Crippen LogP contribution is -1.84. The summed E-state index contributed by atoms with van der Waals surface area (Å²) in [4.78, 5) is 0. The van der Waals surface area contributed by atoms with Crippen LogP contribution in [0.2, 0.25) is 0 Å². The molecule has 1 radical (unpaired) electrons. The van der Waals surface area contributed by atoms with E-state index in [9.17, 15) is 4.39 Å². The van der Waals surface area contributed by atoms with Gasteiger partial charge in [-0.05, 0) is 15.9 Å². The number of nitrogens with zero attached hydrogens (tertiary/aromatic N) is 2. The van der Waals surface area contributed by atoms with Crippen LogP contribution in [-0.4, -0.2) is 10.2 Å². The first-order valence-electron chi connectivity index (χ1n) is 1.85. The number of rotatable bonds is 0. The summed E-state index contributed by atoms with van der Waals surface area (Å²) >= 11 is 2.96. The molecule has 0 saturated heterocycles. The first-order chi connectivity index (χ1) is 3.79. The van der Waals surface area contributed by atoms with Crippen LogP contribution in [0.25, 0.3) is 0 Å². The molecule has 1 aromatic rings. The molecule has 0 atom stereocenters. The molecule has 4 heteroatoms. The van der Waals surface area contributed by atoms with Crippen LogP contribution in [-0.2, 0) is 0 Å². The molecule has 0 fully saturated rings. The van der Waals surface area contributed by atoms with Gasteiger partial charge in [-0.2, -0.15) is 9.49 Å². The number of aromatic nitrogens is 2. The smallest absolute Gasteiger partial charge is 0.182 e. The van der Waals surface area contributed by atoms with E-state index in [0.717, 1.165) is 0 Å². The Morgan fingerprint density at radius 2 is 2.50 bits per heavy atom. The minimum Gasteiger partial charge on any atom is -0.182 e. The standard InChI is InChI=1S/C4HBrFN2/c5-3-1-4(6)8-7-2-3/h2H. The summed E-state index contributed by atoms with van der Waals surface area (Å²) in [7, 11) is 0. The predicted molar refractivity (Wildman–Crippen MR) is 28.5 cm³/mol. The molecule has 41 valence electrons. The van der Waals surface area contributed by atoms with Crippen LogP contribution >= 0.6 is 15.9 Å². The highest BCUT2D eigenvalue weighted by Crippen LogP contribution is 2.03. The van der Waals surface area contributed by atoms with Gasteiger partial charge in [-0.25, -0.2) is 0 Å². The molecule has 0 aliphatic carbocycles. The van der Waals surface area contributed by atoms with E-state index >= 15 is 0 Å². The summed E-state index contributed by atoms with van der Waals surface area (Å²) in [5.74, 6) is -0.695. The van der Waals surface area contributed by atoms with Gasteiger partial charge in [-0.3, -0.25) is 0 Å². The Balaban J connectivity index is 3.08. The van der Waals surface area contributed by atoms with E-state index in [4.69, 9.17) is 0 Å². The van der Waals surface area contributed by atoms with Crippen LogP contribution in [0.15, 0.2) is 10.7 Å². The van der Waals surface area contributed by atoms with Gasteiger partial charge in [0, 0.05) is 0 Å². The van der Waals surface area contributed by atoms with Gasteiger partial charge in [-0.1, -0.05) is 0 Å². The first-order valence-corrected chi connectivity index (χ1v) is 2.64. The van der Waals surface area contributed by atoms with Crippen LogP contribution < -0.4 is 0 Å². The van der Waals surface area contributed by atoms with Crippen molar-refractivity contribution in [3.8, 4) is 0 Å². The largest absolute Gasteiger partial charge is 0.242 e. The number of hydrogen-bond donors (Lipinski definition) is 0. The Kier molecular flexibility index (Phi) is 1.53. The molecular weight excluding hydrogens is 175 g/mol. The van der Waals surface area contributed by atoms with E-state index in [1.807, 2.05) is 0 Å². The molecule has 2 nitrogen and oxygen atoms in total. The molecule has 0 unspecified atom stereocenters. The van der Waals surface area contributed by atoms with Gasteiger partial charge >= 0.3 is 0 Å². The fourth-order valence-electron chi connectivity index (χ4n) is 0.286. The molecule has 0 N–H and O–H groups in total. The molecule has 0 aliphatic rings. The third-order valence-corrected chi connectivity index (χ3v) is 0.942. The summed E-state index contributed by atoms with van der Waals surface area (Å²) in [5, 5.41) is 6.32. The van der Waals surface area contributed by atoms with Crippen molar-refractivity contribution in [3.05, 3.63) is 22.7 Å². The zero-order chi connectivity index (χ0) is 5.98. The molecule has 1 rings (SSSR count). The highest BCUT2D eigenvalue weighted by Gasteiger charge is 1.90. The summed E-state index contributed by atoms with van der Waals surface area (Å²) < 4.78 is 12.4. The van der Waals surface area contributed by atoms with E-state index in [-0.39, 0.29) is 0 Å². The minimum absolute atomic E-state index is 0.477. The van der Waals surface area contributed by atoms with Crippen LogP contribution in [0.3, 0.4) is 0 Å². The maximum atomic E-state index is 11.9. The van der Waals surface area contributed by atoms with E-state index < -0.39 is 5.95 Å². The molecule has 0 saturated carbocycles. The van der Waals surface area contributed by atoms with Crippen molar-refractivity contribution in [2.75, 3.05) is 0 Å². The normalized spacial score (nSPS) is 9.25. The fraction of sp³-hybridized carbons (Fsp3) is 0. The van der Waals surface area contributed by atoms with Gasteiger partial charge in [0.15, 0.2) is 0 Å². The van der Waals surface area contributed by atoms with Crippen LogP contribution in [0.4, 0.5) is 4.39 Å². The topological polar surface area (TPSA) is 25.8 Å². The Hall–Kier alpha value is -0.510. The van der Waals surface area contributed by atoms with Gasteiger partial charge in [0.1, 0.15) is 0 Å². The maximum absolute atomic E-state index is 11.9. The molecule has 0 bridgehead atoms. The highest BCUT2D eigenvalue weighted by molar-refractivity contribution is 9.10. The SMILES string of the molecule is Fc1[c]c(Br)cnn1. The van der Waals surface area contributed by atoms with E-state index in [2.05, 4.69) is 32.2 Å². The van der Waals surface area contributed by atoms with Crippen LogP contribution in [0.1, 0.15) is 0 Å². The second kappa shape index (κ2) is 2.17. The van der Waals surface area contributed by atoms with Crippen molar-refractivity contribution >= 4 is 15.9 Å². The third-order valence-electron chi connectivity index (χ3n) is 0.539. The lowest BCUT2D eigenvalue weighted by atomic mass is 10.6. The molecule has 1 aromatic heterocycles. The monoisotopic (exact) mass is 175 g/mol. The van der Waals surface area contributed by atoms with Crippen LogP contribution in [0.5, 0.6) is 0 Å². The Morgan fingerprint density at radius 3 is 2.88 bits per heavy atom. The van der Waals surface area contributed by atoms with Crippen molar-refractivity contribution < 1.29 is 4.39 Å². The zero-order valence-corrected chi connectivity index (χ0v) is 5.31. The molecule has 1 heterocycles. The average Bonchev–Trinajstić information content (AvgIpc) is 1.64. The van der Waals surface area contributed by atoms with Gasteiger partial charge in [-0.15, -0.1) is 5.10 Å². The van der Waals surface area contributed by atoms with Crippen LogP contribution in [0, 0.1) is 12.0 Å². The molecule has 0 aromatic carbocycles. The zero-order valence-electron chi connectivity index (χ0n) is 3.73.